The van der Waals surface area contributed by atoms with Crippen LogP contribution >= 0.6 is 19.5 Å². The number of hydrogen-bond acceptors (Lipinski definition) is 6. The molecule has 2 aliphatic rings. The van der Waals surface area contributed by atoms with Crippen LogP contribution in [-0.2, 0) is 0 Å². The minimum absolute atomic E-state index is 0.0340. The number of aromatic nitrogens is 2. The number of halogens is 3. The van der Waals surface area contributed by atoms with E-state index >= 15 is 0 Å². The maximum absolute atomic E-state index is 14.9. The zero-order valence-electron chi connectivity index (χ0n) is 19.8. The first kappa shape index (κ1) is 24.0. The molecule has 1 saturated carbocycles. The molecule has 1 aromatic heterocycles. The second kappa shape index (κ2) is 9.40. The van der Waals surface area contributed by atoms with Gasteiger partial charge in [-0.3, -0.25) is 0 Å². The summed E-state index contributed by atoms with van der Waals surface area (Å²) in [5, 5.41) is 8.05. The molecule has 1 aliphatic carbocycles. The van der Waals surface area contributed by atoms with Crippen molar-refractivity contribution in [1.29, 1.82) is 0 Å². The van der Waals surface area contributed by atoms with E-state index in [1.807, 2.05) is 23.1 Å². The molecule has 5 rings (SSSR count). The smallest absolute Gasteiger partial charge is 0.229 e. The van der Waals surface area contributed by atoms with Crippen molar-refractivity contribution in [3.05, 3.63) is 53.4 Å². The summed E-state index contributed by atoms with van der Waals surface area (Å²) in [6.07, 6.45) is 1.86. The predicted molar refractivity (Wildman–Crippen MR) is 140 cm³/mol. The van der Waals surface area contributed by atoms with Crippen LogP contribution in [0, 0.1) is 11.2 Å². The van der Waals surface area contributed by atoms with E-state index < -0.39 is 6.17 Å². The number of para-hydroxylation sites is 1. The molecule has 0 atom stereocenters. The van der Waals surface area contributed by atoms with E-state index in [-0.39, 0.29) is 19.2 Å². The van der Waals surface area contributed by atoms with Crippen molar-refractivity contribution in [3.8, 4) is 5.75 Å². The average Bonchev–Trinajstić information content (AvgIpc) is 2.79. The van der Waals surface area contributed by atoms with Gasteiger partial charge in [0.2, 0.25) is 5.95 Å². The number of rotatable bonds is 7. The van der Waals surface area contributed by atoms with Crippen molar-refractivity contribution >= 4 is 53.7 Å². The van der Waals surface area contributed by atoms with Crippen LogP contribution in [0.3, 0.4) is 0 Å². The SMILES string of the molecule is COc1c(Nc2ncc(Cl)c(Nc3ccccc3P(C)C)n2)ccc(F)c1N1CC2(CC(F)C2)C1. The molecule has 2 aromatic carbocycles. The highest BCUT2D eigenvalue weighted by Gasteiger charge is 2.53. The fourth-order valence-corrected chi connectivity index (χ4v) is 6.07. The third-order valence-corrected chi connectivity index (χ3v) is 8.22. The van der Waals surface area contributed by atoms with Gasteiger partial charge in [0.15, 0.2) is 11.6 Å². The number of hydrogen-bond donors (Lipinski definition) is 2. The van der Waals surface area contributed by atoms with Gasteiger partial charge in [0.05, 0.1) is 19.0 Å². The Kier molecular flexibility index (Phi) is 6.45. The summed E-state index contributed by atoms with van der Waals surface area (Å²) < 4.78 is 33.9. The topological polar surface area (TPSA) is 62.3 Å². The largest absolute Gasteiger partial charge is 0.492 e. The van der Waals surface area contributed by atoms with Gasteiger partial charge < -0.3 is 20.3 Å². The van der Waals surface area contributed by atoms with Crippen LogP contribution in [-0.4, -0.2) is 49.7 Å². The van der Waals surface area contributed by atoms with Crippen LogP contribution in [0.2, 0.25) is 5.02 Å². The summed E-state index contributed by atoms with van der Waals surface area (Å²) in [6.45, 7) is 5.60. The number of ether oxygens (including phenoxy) is 1. The lowest BCUT2D eigenvalue weighted by Crippen LogP contribution is -2.63. The molecule has 0 radical (unpaired) electrons. The number of benzene rings is 2. The van der Waals surface area contributed by atoms with Crippen molar-refractivity contribution in [3.63, 3.8) is 0 Å². The van der Waals surface area contributed by atoms with Crippen LogP contribution in [0.5, 0.6) is 5.75 Å². The van der Waals surface area contributed by atoms with Crippen LogP contribution < -0.4 is 25.6 Å². The summed E-state index contributed by atoms with van der Waals surface area (Å²) in [7, 11) is 1.17. The Bertz CT molecular complexity index is 1250. The van der Waals surface area contributed by atoms with E-state index in [4.69, 9.17) is 16.3 Å². The zero-order valence-corrected chi connectivity index (χ0v) is 21.4. The highest BCUT2D eigenvalue weighted by Crippen LogP contribution is 2.53. The predicted octanol–water partition coefficient (Wildman–Crippen LogP) is 6.07. The van der Waals surface area contributed by atoms with E-state index in [9.17, 15) is 8.78 Å². The van der Waals surface area contributed by atoms with Crippen LogP contribution in [0.15, 0.2) is 42.6 Å². The minimum Gasteiger partial charge on any atom is -0.492 e. The van der Waals surface area contributed by atoms with E-state index in [0.717, 1.165) is 5.69 Å². The fraction of sp³-hybridized carbons (Fsp3) is 0.360. The molecule has 2 N–H and O–H groups in total. The molecule has 1 saturated heterocycles. The normalized spacial score (nSPS) is 16.7. The van der Waals surface area contributed by atoms with Crippen molar-refractivity contribution < 1.29 is 13.5 Å². The Morgan fingerprint density at radius 1 is 1.11 bits per heavy atom. The molecule has 6 nitrogen and oxygen atoms in total. The van der Waals surface area contributed by atoms with Crippen molar-refractivity contribution in [1.82, 2.24) is 9.97 Å². The Morgan fingerprint density at radius 3 is 2.54 bits per heavy atom. The first-order valence-corrected chi connectivity index (χ1v) is 14.0. The molecule has 0 bridgehead atoms. The maximum Gasteiger partial charge on any atom is 0.229 e. The Morgan fingerprint density at radius 2 is 1.86 bits per heavy atom. The number of methoxy groups -OCH3 is 1. The maximum atomic E-state index is 14.9. The van der Waals surface area contributed by atoms with Gasteiger partial charge in [-0.2, -0.15) is 4.98 Å². The summed E-state index contributed by atoms with van der Waals surface area (Å²) >= 11 is 6.39. The molecule has 184 valence electrons. The van der Waals surface area contributed by atoms with E-state index in [2.05, 4.69) is 40.0 Å². The third kappa shape index (κ3) is 4.62. The van der Waals surface area contributed by atoms with E-state index in [1.165, 1.54) is 24.7 Å². The number of alkyl halides is 1. The number of nitrogens with zero attached hydrogens (tertiary/aromatic N) is 3. The summed E-state index contributed by atoms with van der Waals surface area (Å²) in [4.78, 5) is 10.8. The van der Waals surface area contributed by atoms with E-state index in [1.54, 1.807) is 6.07 Å². The zero-order chi connectivity index (χ0) is 24.7. The molecular formula is C25H27ClF2N5OP. The molecule has 2 heterocycles. The molecule has 3 aromatic rings. The minimum atomic E-state index is -0.740. The average molecular weight is 518 g/mol. The lowest BCUT2D eigenvalue weighted by molar-refractivity contribution is 0.000351. The lowest BCUT2D eigenvalue weighted by Gasteiger charge is -2.58. The Labute approximate surface area is 209 Å². The van der Waals surface area contributed by atoms with Gasteiger partial charge in [0, 0.05) is 24.2 Å². The Hall–Kier alpha value is -2.70. The van der Waals surface area contributed by atoms with Gasteiger partial charge in [-0.15, -0.1) is 0 Å². The summed E-state index contributed by atoms with van der Waals surface area (Å²) in [5.74, 6) is 0.729. The van der Waals surface area contributed by atoms with Crippen molar-refractivity contribution in [2.24, 2.45) is 5.41 Å². The van der Waals surface area contributed by atoms with Gasteiger partial charge in [-0.05, 0) is 49.7 Å². The molecule has 0 amide bonds. The standard InChI is InChI=1S/C25H27ClF2N5OP/c1-34-22-19(9-8-17(28)21(22)33-13-25(14-33)10-15(27)11-25)31-24-29-12-16(26)23(32-24)30-18-6-4-5-7-20(18)35(2)3/h4-9,12,15H,10-11,13-14H2,1-3H3,(H2,29,30,31,32). The van der Waals surface area contributed by atoms with Crippen LogP contribution in [0.4, 0.5) is 37.6 Å². The number of anilines is 5. The number of nitrogens with one attached hydrogen (secondary N) is 2. The molecule has 1 aliphatic heterocycles. The summed E-state index contributed by atoms with van der Waals surface area (Å²) in [6, 6.07) is 11.0. The highest BCUT2D eigenvalue weighted by molar-refractivity contribution is 7.64. The third-order valence-electron chi connectivity index (χ3n) is 6.59. The quantitative estimate of drug-likeness (QED) is 0.371. The molecule has 35 heavy (non-hydrogen) atoms. The van der Waals surface area contributed by atoms with Crippen molar-refractivity contribution in [2.75, 3.05) is 49.1 Å². The Balaban J connectivity index is 1.40. The second-order valence-electron chi connectivity index (χ2n) is 9.39. The van der Waals surface area contributed by atoms with E-state index in [0.29, 0.717) is 59.8 Å². The lowest BCUT2D eigenvalue weighted by atomic mass is 9.62. The molecule has 1 spiro atoms. The van der Waals surface area contributed by atoms with Gasteiger partial charge in [0.1, 0.15) is 22.7 Å². The van der Waals surface area contributed by atoms with Gasteiger partial charge in [0.25, 0.3) is 0 Å². The first-order chi connectivity index (χ1) is 16.8. The fourth-order valence-electron chi connectivity index (χ4n) is 4.94. The van der Waals surface area contributed by atoms with Gasteiger partial charge in [-0.25, -0.2) is 13.8 Å². The van der Waals surface area contributed by atoms with Gasteiger partial charge >= 0.3 is 0 Å². The van der Waals surface area contributed by atoms with Gasteiger partial charge in [-0.1, -0.05) is 37.7 Å². The first-order valence-electron chi connectivity index (χ1n) is 11.4. The van der Waals surface area contributed by atoms with Crippen LogP contribution in [0.25, 0.3) is 0 Å². The molecule has 10 heteroatoms. The van der Waals surface area contributed by atoms with Crippen LogP contribution in [0.1, 0.15) is 12.8 Å². The highest BCUT2D eigenvalue weighted by atomic mass is 35.5. The molecular weight excluding hydrogens is 491 g/mol. The monoisotopic (exact) mass is 517 g/mol. The van der Waals surface area contributed by atoms with Crippen molar-refractivity contribution in [2.45, 2.75) is 19.0 Å². The molecule has 2 fully saturated rings. The molecule has 0 unspecified atom stereocenters. The summed E-state index contributed by atoms with van der Waals surface area (Å²) in [5.41, 5.74) is 1.80. The second-order valence-corrected chi connectivity index (χ2v) is 12.1.